The first-order valence-electron chi connectivity index (χ1n) is 9.01. The Hall–Kier alpha value is -3.15. The van der Waals surface area contributed by atoms with Gasteiger partial charge >= 0.3 is 0 Å². The fourth-order valence-corrected chi connectivity index (χ4v) is 3.02. The number of hydrogen-bond acceptors (Lipinski definition) is 6. The second-order valence-corrected chi connectivity index (χ2v) is 6.29. The minimum atomic E-state index is -0.0983. The SMILES string of the molecule is CCCCNc1nnc2c(n1)NC(c1ccccc1)Nc1ccccc1-2. The van der Waals surface area contributed by atoms with Crippen LogP contribution in [0.25, 0.3) is 11.3 Å². The van der Waals surface area contributed by atoms with Crippen molar-refractivity contribution in [1.82, 2.24) is 15.2 Å². The Kier molecular flexibility index (Phi) is 4.64. The topological polar surface area (TPSA) is 74.8 Å². The van der Waals surface area contributed by atoms with Crippen LogP contribution < -0.4 is 16.0 Å². The molecule has 132 valence electrons. The summed E-state index contributed by atoms with van der Waals surface area (Å²) >= 11 is 0. The van der Waals surface area contributed by atoms with Crippen molar-refractivity contribution in [2.24, 2.45) is 0 Å². The summed E-state index contributed by atoms with van der Waals surface area (Å²) in [6, 6.07) is 18.4. The van der Waals surface area contributed by atoms with Crippen LogP contribution in [0.15, 0.2) is 54.6 Å². The number of benzene rings is 2. The quantitative estimate of drug-likeness (QED) is 0.599. The molecule has 0 saturated carbocycles. The second-order valence-electron chi connectivity index (χ2n) is 6.29. The Morgan fingerprint density at radius 2 is 1.77 bits per heavy atom. The molecule has 2 aromatic carbocycles. The molecule has 1 aromatic heterocycles. The van der Waals surface area contributed by atoms with Crippen LogP contribution >= 0.6 is 0 Å². The lowest BCUT2D eigenvalue weighted by Gasteiger charge is -2.20. The number of nitrogens with zero attached hydrogens (tertiary/aromatic N) is 3. The van der Waals surface area contributed by atoms with Crippen molar-refractivity contribution >= 4 is 17.5 Å². The molecule has 1 unspecified atom stereocenters. The highest BCUT2D eigenvalue weighted by Gasteiger charge is 2.23. The standard InChI is InChI=1S/C20H22N6/c1-2-3-13-21-20-24-19-17(25-26-20)15-11-7-8-12-16(15)22-18(23-19)14-9-5-4-6-10-14/h4-12,18,22H,2-3,13H2,1H3,(H2,21,23,24,26). The van der Waals surface area contributed by atoms with Crippen molar-refractivity contribution in [2.75, 3.05) is 22.5 Å². The molecule has 1 aliphatic heterocycles. The molecule has 3 N–H and O–H groups in total. The van der Waals surface area contributed by atoms with Gasteiger partial charge in [-0.15, -0.1) is 10.2 Å². The van der Waals surface area contributed by atoms with E-state index in [1.165, 1.54) is 0 Å². The van der Waals surface area contributed by atoms with Crippen molar-refractivity contribution in [3.05, 3.63) is 60.2 Å². The summed E-state index contributed by atoms with van der Waals surface area (Å²) < 4.78 is 0. The van der Waals surface area contributed by atoms with Gasteiger partial charge in [-0.25, -0.2) is 0 Å². The molecule has 0 spiro atoms. The maximum atomic E-state index is 4.68. The first-order valence-corrected chi connectivity index (χ1v) is 9.01. The van der Waals surface area contributed by atoms with Gasteiger partial charge in [0.05, 0.1) is 0 Å². The summed E-state index contributed by atoms with van der Waals surface area (Å²) in [5.41, 5.74) is 3.89. The van der Waals surface area contributed by atoms with Gasteiger partial charge in [0.15, 0.2) is 5.82 Å². The molecule has 0 saturated heterocycles. The van der Waals surface area contributed by atoms with Gasteiger partial charge in [-0.2, -0.15) is 4.98 Å². The first kappa shape index (κ1) is 16.3. The van der Waals surface area contributed by atoms with Crippen molar-refractivity contribution in [3.63, 3.8) is 0 Å². The van der Waals surface area contributed by atoms with Gasteiger partial charge in [-0.05, 0) is 18.1 Å². The molecular weight excluding hydrogens is 324 g/mol. The predicted octanol–water partition coefficient (Wildman–Crippen LogP) is 4.29. The maximum Gasteiger partial charge on any atom is 0.244 e. The summed E-state index contributed by atoms with van der Waals surface area (Å²) in [6.45, 7) is 3.00. The largest absolute Gasteiger partial charge is 0.361 e. The second kappa shape index (κ2) is 7.39. The smallest absolute Gasteiger partial charge is 0.244 e. The molecule has 3 aromatic rings. The van der Waals surface area contributed by atoms with E-state index in [9.17, 15) is 0 Å². The molecule has 2 heterocycles. The van der Waals surface area contributed by atoms with Crippen LogP contribution in [0.4, 0.5) is 17.5 Å². The summed E-state index contributed by atoms with van der Waals surface area (Å²) in [4.78, 5) is 4.68. The maximum absolute atomic E-state index is 4.68. The lowest BCUT2D eigenvalue weighted by molar-refractivity contribution is 0.818. The first-order chi connectivity index (χ1) is 12.8. The van der Waals surface area contributed by atoms with Gasteiger partial charge in [0, 0.05) is 17.8 Å². The van der Waals surface area contributed by atoms with Crippen molar-refractivity contribution in [3.8, 4) is 11.3 Å². The van der Waals surface area contributed by atoms with Crippen molar-refractivity contribution in [2.45, 2.75) is 25.9 Å². The Morgan fingerprint density at radius 3 is 2.62 bits per heavy atom. The number of para-hydroxylation sites is 1. The highest BCUT2D eigenvalue weighted by molar-refractivity contribution is 5.84. The van der Waals surface area contributed by atoms with Gasteiger partial charge < -0.3 is 16.0 Å². The highest BCUT2D eigenvalue weighted by atomic mass is 15.3. The highest BCUT2D eigenvalue weighted by Crippen LogP contribution is 2.37. The van der Waals surface area contributed by atoms with E-state index in [4.69, 9.17) is 0 Å². The van der Waals surface area contributed by atoms with Crippen molar-refractivity contribution < 1.29 is 0 Å². The van der Waals surface area contributed by atoms with E-state index in [-0.39, 0.29) is 6.17 Å². The Bertz CT molecular complexity index is 880. The summed E-state index contributed by atoms with van der Waals surface area (Å²) in [5, 5.41) is 19.0. The molecule has 6 nitrogen and oxygen atoms in total. The molecule has 6 heteroatoms. The number of nitrogens with one attached hydrogen (secondary N) is 3. The normalized spacial score (nSPS) is 15.0. The van der Waals surface area contributed by atoms with Gasteiger partial charge in [0.2, 0.25) is 5.95 Å². The lowest BCUT2D eigenvalue weighted by Crippen LogP contribution is -2.19. The average molecular weight is 346 g/mol. The Labute approximate surface area is 153 Å². The molecule has 4 rings (SSSR count). The number of unbranched alkanes of at least 4 members (excludes halogenated alkanes) is 1. The third-order valence-corrected chi connectivity index (χ3v) is 4.40. The molecule has 1 atom stereocenters. The monoisotopic (exact) mass is 346 g/mol. The third kappa shape index (κ3) is 3.31. The minimum absolute atomic E-state index is 0.0983. The van der Waals surface area contributed by atoms with E-state index < -0.39 is 0 Å². The average Bonchev–Trinajstić information content (AvgIpc) is 2.85. The molecule has 26 heavy (non-hydrogen) atoms. The molecule has 0 amide bonds. The summed E-state index contributed by atoms with van der Waals surface area (Å²) in [6.07, 6.45) is 2.10. The number of rotatable bonds is 5. The van der Waals surface area contributed by atoms with E-state index >= 15 is 0 Å². The fourth-order valence-electron chi connectivity index (χ4n) is 3.02. The molecule has 1 aliphatic rings. The Morgan fingerprint density at radius 1 is 0.962 bits per heavy atom. The van der Waals surface area contributed by atoms with Gasteiger partial charge in [-0.3, -0.25) is 0 Å². The van der Waals surface area contributed by atoms with Crippen LogP contribution in [0.1, 0.15) is 31.5 Å². The number of aromatic nitrogens is 3. The van der Waals surface area contributed by atoms with Crippen molar-refractivity contribution in [1.29, 1.82) is 0 Å². The molecule has 0 aliphatic carbocycles. The number of hydrogen-bond donors (Lipinski definition) is 3. The molecule has 0 bridgehead atoms. The van der Waals surface area contributed by atoms with E-state index in [2.05, 4.69) is 56.3 Å². The third-order valence-electron chi connectivity index (χ3n) is 4.40. The number of anilines is 3. The molecule has 0 radical (unpaired) electrons. The van der Waals surface area contributed by atoms with Crippen LogP contribution in [-0.2, 0) is 0 Å². The van der Waals surface area contributed by atoms with Crippen LogP contribution in [0.2, 0.25) is 0 Å². The zero-order valence-electron chi connectivity index (χ0n) is 14.7. The Balaban J connectivity index is 1.74. The zero-order valence-corrected chi connectivity index (χ0v) is 14.7. The minimum Gasteiger partial charge on any atom is -0.361 e. The van der Waals surface area contributed by atoms with Crippen LogP contribution in [0.5, 0.6) is 0 Å². The predicted molar refractivity (Wildman–Crippen MR) is 105 cm³/mol. The van der Waals surface area contributed by atoms with Gasteiger partial charge in [0.1, 0.15) is 11.9 Å². The van der Waals surface area contributed by atoms with Crippen LogP contribution in [-0.4, -0.2) is 21.7 Å². The molecule has 0 fully saturated rings. The van der Waals surface area contributed by atoms with Gasteiger partial charge in [0.25, 0.3) is 0 Å². The van der Waals surface area contributed by atoms with Crippen LogP contribution in [0, 0.1) is 0 Å². The summed E-state index contributed by atoms with van der Waals surface area (Å²) in [5.74, 6) is 1.28. The van der Waals surface area contributed by atoms with E-state index in [0.29, 0.717) is 5.95 Å². The summed E-state index contributed by atoms with van der Waals surface area (Å²) in [7, 11) is 0. The fraction of sp³-hybridized carbons (Fsp3) is 0.250. The van der Waals surface area contributed by atoms with E-state index in [1.807, 2.05) is 36.4 Å². The number of fused-ring (bicyclic) bond motifs is 3. The van der Waals surface area contributed by atoms with Crippen LogP contribution in [0.3, 0.4) is 0 Å². The lowest BCUT2D eigenvalue weighted by atomic mass is 10.1. The van der Waals surface area contributed by atoms with Gasteiger partial charge in [-0.1, -0.05) is 61.9 Å². The van der Waals surface area contributed by atoms with E-state index in [0.717, 1.165) is 47.7 Å². The molecular formula is C20H22N6. The zero-order chi connectivity index (χ0) is 17.8. The van der Waals surface area contributed by atoms with E-state index in [1.54, 1.807) is 0 Å².